The van der Waals surface area contributed by atoms with Gasteiger partial charge in [-0.15, -0.1) is 0 Å². The summed E-state index contributed by atoms with van der Waals surface area (Å²) < 4.78 is 23.6. The molecule has 1 amide bonds. The Morgan fingerprint density at radius 2 is 1.95 bits per heavy atom. The van der Waals surface area contributed by atoms with Crippen LogP contribution in [0.25, 0.3) is 5.52 Å². The number of ether oxygens (including phenoxy) is 1. The summed E-state index contributed by atoms with van der Waals surface area (Å²) in [6, 6.07) is 1.31. The standard InChI is InChI=1S/C31H41ClFN7O3/c1-18(2)43-26-21(30(4,42)29-36-19(3)25-27(34)35-9-10-40(25)29)15-22(32)24(33)23(26)28(41)37-31(7-8-31)17-39-13-11-38(12-14-39)16-20-5-6-20/h9-10,15,18,20,42H,5-8,11-14,16-17H2,1-4H3,(H2,34,35)(H,37,41)/t30-/m0/s1. The molecule has 2 aromatic heterocycles. The van der Waals surface area contributed by atoms with Crippen molar-refractivity contribution >= 4 is 28.8 Å². The molecule has 2 aliphatic carbocycles. The van der Waals surface area contributed by atoms with Crippen molar-refractivity contribution in [2.45, 2.75) is 70.6 Å². The maximum atomic E-state index is 15.8. The number of halogens is 2. The highest BCUT2D eigenvalue weighted by atomic mass is 35.5. The zero-order valence-electron chi connectivity index (χ0n) is 25.3. The summed E-state index contributed by atoms with van der Waals surface area (Å²) in [5.74, 6) is -0.250. The van der Waals surface area contributed by atoms with Gasteiger partial charge in [0.15, 0.2) is 5.82 Å². The van der Waals surface area contributed by atoms with Crippen LogP contribution < -0.4 is 15.8 Å². The lowest BCUT2D eigenvalue weighted by Gasteiger charge is -2.37. The molecule has 1 saturated heterocycles. The zero-order chi connectivity index (χ0) is 30.7. The lowest BCUT2D eigenvalue weighted by molar-refractivity contribution is 0.0826. The van der Waals surface area contributed by atoms with Gasteiger partial charge in [-0.05, 0) is 65.4 Å². The number of nitrogen functional groups attached to an aromatic ring is 1. The zero-order valence-corrected chi connectivity index (χ0v) is 26.0. The molecule has 0 bridgehead atoms. The predicted octanol–water partition coefficient (Wildman–Crippen LogP) is 3.75. The summed E-state index contributed by atoms with van der Waals surface area (Å²) in [5, 5.41) is 14.9. The number of imidazole rings is 1. The number of nitrogens with one attached hydrogen (secondary N) is 1. The summed E-state index contributed by atoms with van der Waals surface area (Å²) in [6.45, 7) is 12.7. The molecule has 2 saturated carbocycles. The van der Waals surface area contributed by atoms with E-state index in [9.17, 15) is 9.90 Å². The Morgan fingerprint density at radius 1 is 1.28 bits per heavy atom. The third-order valence-corrected chi connectivity index (χ3v) is 9.18. The number of nitrogens with zero attached hydrogens (tertiary/aromatic N) is 5. The number of piperazine rings is 1. The van der Waals surface area contributed by atoms with Crippen LogP contribution in [0.1, 0.15) is 73.9 Å². The molecule has 1 atom stereocenters. The topological polar surface area (TPSA) is 121 Å². The molecule has 0 spiro atoms. The van der Waals surface area contributed by atoms with E-state index in [-0.39, 0.29) is 33.5 Å². The lowest BCUT2D eigenvalue weighted by Crippen LogP contribution is -2.53. The molecule has 3 heterocycles. The lowest BCUT2D eigenvalue weighted by atomic mass is 9.91. The highest BCUT2D eigenvalue weighted by molar-refractivity contribution is 6.31. The fraction of sp³-hybridized carbons (Fsp3) is 0.581. The molecule has 4 N–H and O–H groups in total. The minimum absolute atomic E-state index is 0.0691. The van der Waals surface area contributed by atoms with Crippen molar-refractivity contribution in [2.75, 3.05) is 45.0 Å². The highest BCUT2D eigenvalue weighted by Crippen LogP contribution is 2.43. The van der Waals surface area contributed by atoms with Crippen LogP contribution in [-0.2, 0) is 5.60 Å². The van der Waals surface area contributed by atoms with Gasteiger partial charge in [-0.3, -0.25) is 14.1 Å². The number of hydrogen-bond acceptors (Lipinski definition) is 8. The second-order valence-corrected chi connectivity index (χ2v) is 13.4. The Kier molecular flexibility index (Phi) is 7.81. The number of aryl methyl sites for hydroxylation is 1. The number of carbonyl (C=O) groups excluding carboxylic acids is 1. The van der Waals surface area contributed by atoms with Crippen molar-refractivity contribution in [3.8, 4) is 5.75 Å². The van der Waals surface area contributed by atoms with E-state index < -0.39 is 29.0 Å². The molecule has 232 valence electrons. The second-order valence-electron chi connectivity index (χ2n) is 13.0. The molecule has 10 nitrogen and oxygen atoms in total. The maximum Gasteiger partial charge on any atom is 0.258 e. The molecule has 3 fully saturated rings. The Balaban J connectivity index is 1.31. The molecule has 0 radical (unpaired) electrons. The third kappa shape index (κ3) is 5.92. The van der Waals surface area contributed by atoms with Crippen molar-refractivity contribution in [2.24, 2.45) is 5.92 Å². The first-order valence-electron chi connectivity index (χ1n) is 15.2. The van der Waals surface area contributed by atoms with Gasteiger partial charge in [-0.2, -0.15) is 0 Å². The van der Waals surface area contributed by atoms with Gasteiger partial charge in [-0.25, -0.2) is 14.4 Å². The highest BCUT2D eigenvalue weighted by Gasteiger charge is 2.47. The molecule has 43 heavy (non-hydrogen) atoms. The minimum atomic E-state index is -1.85. The van der Waals surface area contributed by atoms with Crippen molar-refractivity contribution in [1.29, 1.82) is 0 Å². The number of anilines is 1. The summed E-state index contributed by atoms with van der Waals surface area (Å²) in [7, 11) is 0. The second kappa shape index (κ2) is 11.2. The van der Waals surface area contributed by atoms with Crippen LogP contribution in [0.3, 0.4) is 0 Å². The van der Waals surface area contributed by atoms with Gasteiger partial charge in [-0.1, -0.05) is 11.6 Å². The minimum Gasteiger partial charge on any atom is -0.490 e. The molecule has 1 aromatic carbocycles. The van der Waals surface area contributed by atoms with Crippen molar-refractivity contribution in [1.82, 2.24) is 29.5 Å². The van der Waals surface area contributed by atoms with Gasteiger partial charge in [0, 0.05) is 57.2 Å². The van der Waals surface area contributed by atoms with E-state index in [1.54, 1.807) is 31.4 Å². The number of hydrogen-bond donors (Lipinski definition) is 3. The predicted molar refractivity (Wildman–Crippen MR) is 163 cm³/mol. The van der Waals surface area contributed by atoms with Gasteiger partial charge in [0.05, 0.1) is 22.4 Å². The van der Waals surface area contributed by atoms with Gasteiger partial charge in [0.1, 0.15) is 34.1 Å². The number of carbonyl (C=O) groups is 1. The summed E-state index contributed by atoms with van der Waals surface area (Å²) in [4.78, 5) is 27.6. The number of aromatic nitrogens is 3. The quantitative estimate of drug-likeness (QED) is 0.316. The van der Waals surface area contributed by atoms with E-state index in [2.05, 4.69) is 25.1 Å². The molecule has 1 aliphatic heterocycles. The largest absolute Gasteiger partial charge is 0.490 e. The Morgan fingerprint density at radius 3 is 2.58 bits per heavy atom. The van der Waals surface area contributed by atoms with Crippen LogP contribution in [0, 0.1) is 18.7 Å². The molecule has 6 rings (SSSR count). The number of fused-ring (bicyclic) bond motifs is 1. The Labute approximate surface area is 256 Å². The van der Waals surface area contributed by atoms with Crippen LogP contribution in [-0.4, -0.2) is 86.1 Å². The molecule has 3 aliphatic rings. The maximum absolute atomic E-state index is 15.8. The van der Waals surface area contributed by atoms with E-state index in [0.29, 0.717) is 17.8 Å². The van der Waals surface area contributed by atoms with Crippen molar-refractivity contribution < 1.29 is 19.0 Å². The van der Waals surface area contributed by atoms with Crippen LogP contribution in [0.5, 0.6) is 5.75 Å². The SMILES string of the molecule is Cc1nc([C@@](C)(O)c2cc(Cl)c(F)c(C(=O)NC3(CN4CCN(CC5CC5)CC4)CC3)c2OC(C)C)n2ccnc(N)c12. The first-order chi connectivity index (χ1) is 20.4. The average molecular weight is 614 g/mol. The fourth-order valence-electron chi connectivity index (χ4n) is 6.24. The van der Waals surface area contributed by atoms with E-state index in [0.717, 1.165) is 44.9 Å². The summed E-state index contributed by atoms with van der Waals surface area (Å²) in [6.07, 6.45) is 7.03. The molecular formula is C31H41ClFN7O3. The van der Waals surface area contributed by atoms with E-state index >= 15 is 4.39 Å². The van der Waals surface area contributed by atoms with Crippen molar-refractivity contribution in [3.05, 3.63) is 51.9 Å². The van der Waals surface area contributed by atoms with Crippen LogP contribution in [0.15, 0.2) is 18.5 Å². The van der Waals surface area contributed by atoms with Crippen LogP contribution >= 0.6 is 11.6 Å². The van der Waals surface area contributed by atoms with Gasteiger partial charge < -0.3 is 25.8 Å². The summed E-state index contributed by atoms with van der Waals surface area (Å²) in [5.41, 5.74) is 4.72. The van der Waals surface area contributed by atoms with Gasteiger partial charge in [0.2, 0.25) is 0 Å². The number of benzene rings is 1. The first kappa shape index (κ1) is 30.1. The number of amides is 1. The Hall–Kier alpha value is -2.99. The van der Waals surface area contributed by atoms with E-state index in [4.69, 9.17) is 22.1 Å². The Bertz CT molecular complexity index is 1540. The molecule has 3 aromatic rings. The third-order valence-electron chi connectivity index (χ3n) is 8.91. The first-order valence-corrected chi connectivity index (χ1v) is 15.5. The van der Waals surface area contributed by atoms with E-state index in [1.165, 1.54) is 38.6 Å². The molecular weight excluding hydrogens is 573 g/mol. The number of aliphatic hydroxyl groups is 1. The number of nitrogens with two attached hydrogens (primary N) is 1. The average Bonchev–Trinajstić information content (AvgIpc) is 3.87. The number of rotatable bonds is 10. The smallest absolute Gasteiger partial charge is 0.258 e. The van der Waals surface area contributed by atoms with Crippen LogP contribution in [0.2, 0.25) is 5.02 Å². The van der Waals surface area contributed by atoms with E-state index in [1.807, 2.05) is 0 Å². The normalized spacial score (nSPS) is 20.4. The van der Waals surface area contributed by atoms with Crippen molar-refractivity contribution in [3.63, 3.8) is 0 Å². The molecule has 12 heteroatoms. The summed E-state index contributed by atoms with van der Waals surface area (Å²) >= 11 is 6.42. The monoisotopic (exact) mass is 613 g/mol. The van der Waals surface area contributed by atoms with Crippen LogP contribution in [0.4, 0.5) is 10.2 Å². The fourth-order valence-corrected chi connectivity index (χ4v) is 6.44. The van der Waals surface area contributed by atoms with Gasteiger partial charge in [0.25, 0.3) is 5.91 Å². The molecule has 0 unspecified atom stereocenters. The van der Waals surface area contributed by atoms with Gasteiger partial charge >= 0.3 is 0 Å².